The van der Waals surface area contributed by atoms with Gasteiger partial charge in [0.2, 0.25) is 0 Å². The van der Waals surface area contributed by atoms with Crippen LogP contribution in [0.2, 0.25) is 0 Å². The molecule has 0 aromatic rings. The maximum absolute atomic E-state index is 2.20. The number of nitrogens with zero attached hydrogens (tertiary/aromatic N) is 1. The second kappa shape index (κ2) is 3.45. The summed E-state index contributed by atoms with van der Waals surface area (Å²) in [6.07, 6.45) is 11.0. The Morgan fingerprint density at radius 1 is 1.50 bits per heavy atom. The van der Waals surface area contributed by atoms with Crippen molar-refractivity contribution in [1.29, 1.82) is 0 Å². The van der Waals surface area contributed by atoms with Crippen LogP contribution in [0.4, 0.5) is 0 Å². The first-order chi connectivity index (χ1) is 4.79. The summed E-state index contributed by atoms with van der Waals surface area (Å²) in [4.78, 5) is 2.09. The fourth-order valence-electron chi connectivity index (χ4n) is 1.06. The molecule has 0 amide bonds. The van der Waals surface area contributed by atoms with E-state index in [4.69, 9.17) is 0 Å². The van der Waals surface area contributed by atoms with Crippen molar-refractivity contribution in [3.63, 3.8) is 0 Å². The molecule has 1 nitrogen and oxygen atoms in total. The molecular weight excluding hydrogens is 122 g/mol. The summed E-state index contributed by atoms with van der Waals surface area (Å²) < 4.78 is 0. The minimum Gasteiger partial charge on any atom is -0.383 e. The van der Waals surface area contributed by atoms with Gasteiger partial charge in [-0.2, -0.15) is 0 Å². The Labute approximate surface area is 63.0 Å². The van der Waals surface area contributed by atoms with Crippen LogP contribution in [0, 0.1) is 6.42 Å². The van der Waals surface area contributed by atoms with E-state index in [1.807, 2.05) is 0 Å². The highest BCUT2D eigenvalue weighted by molar-refractivity contribution is 5.24. The van der Waals surface area contributed by atoms with Gasteiger partial charge in [0.1, 0.15) is 0 Å². The number of rotatable bonds is 1. The minimum absolute atomic E-state index is 1.19. The van der Waals surface area contributed by atoms with Gasteiger partial charge in [-0.25, -0.2) is 0 Å². The van der Waals surface area contributed by atoms with Gasteiger partial charge in [0.05, 0.1) is 0 Å². The molecule has 0 N–H and O–H groups in total. The first-order valence-corrected chi connectivity index (χ1v) is 3.66. The summed E-state index contributed by atoms with van der Waals surface area (Å²) in [6, 6.07) is 0. The van der Waals surface area contributed by atoms with Crippen molar-refractivity contribution in [3.8, 4) is 0 Å². The minimum atomic E-state index is 1.19. The molecular formula is C9H14N. The van der Waals surface area contributed by atoms with Gasteiger partial charge in [-0.15, -0.1) is 0 Å². The fraction of sp³-hybridized carbons (Fsp3) is 0.444. The normalized spacial score (nSPS) is 21.6. The van der Waals surface area contributed by atoms with Crippen LogP contribution in [-0.4, -0.2) is 19.0 Å². The van der Waals surface area contributed by atoms with Crippen molar-refractivity contribution in [2.75, 3.05) is 14.1 Å². The lowest BCUT2D eigenvalue weighted by atomic mass is 10.0. The maximum Gasteiger partial charge on any atom is 0.00557 e. The summed E-state index contributed by atoms with van der Waals surface area (Å²) in [5.74, 6) is 0. The zero-order valence-corrected chi connectivity index (χ0v) is 6.67. The summed E-state index contributed by atoms with van der Waals surface area (Å²) in [6.45, 7) is 0. The lowest BCUT2D eigenvalue weighted by molar-refractivity contribution is 0.556. The van der Waals surface area contributed by atoms with E-state index in [1.54, 1.807) is 0 Å². The van der Waals surface area contributed by atoms with Gasteiger partial charge >= 0.3 is 0 Å². The molecule has 55 valence electrons. The van der Waals surface area contributed by atoms with Crippen LogP contribution in [-0.2, 0) is 0 Å². The SMILES string of the molecule is CN(C)/C=C1\C=C[CH]CC1. The predicted molar refractivity (Wildman–Crippen MR) is 44.4 cm³/mol. The van der Waals surface area contributed by atoms with Gasteiger partial charge in [-0.3, -0.25) is 0 Å². The second-order valence-corrected chi connectivity index (χ2v) is 2.80. The van der Waals surface area contributed by atoms with E-state index in [-0.39, 0.29) is 0 Å². The average Bonchev–Trinajstić information content (AvgIpc) is 1.88. The molecule has 0 fully saturated rings. The monoisotopic (exact) mass is 136 g/mol. The molecule has 1 aliphatic carbocycles. The van der Waals surface area contributed by atoms with Crippen LogP contribution in [0.1, 0.15) is 12.8 Å². The van der Waals surface area contributed by atoms with E-state index in [2.05, 4.69) is 43.8 Å². The van der Waals surface area contributed by atoms with Gasteiger partial charge in [0.15, 0.2) is 0 Å². The van der Waals surface area contributed by atoms with Gasteiger partial charge < -0.3 is 4.90 Å². The first-order valence-electron chi connectivity index (χ1n) is 3.66. The Hall–Kier alpha value is -0.720. The largest absolute Gasteiger partial charge is 0.383 e. The Balaban J connectivity index is 2.53. The van der Waals surface area contributed by atoms with Crippen LogP contribution in [0.3, 0.4) is 0 Å². The van der Waals surface area contributed by atoms with E-state index in [1.165, 1.54) is 18.4 Å². The van der Waals surface area contributed by atoms with Gasteiger partial charge in [-0.05, 0) is 24.8 Å². The molecule has 0 unspecified atom stereocenters. The highest BCUT2D eigenvalue weighted by Gasteiger charge is 1.97. The Bertz CT molecular complexity index is 154. The van der Waals surface area contributed by atoms with Gasteiger partial charge in [0, 0.05) is 20.3 Å². The van der Waals surface area contributed by atoms with E-state index < -0.39 is 0 Å². The molecule has 10 heavy (non-hydrogen) atoms. The zero-order valence-electron chi connectivity index (χ0n) is 6.67. The van der Waals surface area contributed by atoms with E-state index in [9.17, 15) is 0 Å². The lowest BCUT2D eigenvalue weighted by Crippen LogP contribution is -2.03. The number of hydrogen-bond acceptors (Lipinski definition) is 1. The van der Waals surface area contributed by atoms with Crippen LogP contribution in [0.15, 0.2) is 23.9 Å². The number of hydrogen-bond donors (Lipinski definition) is 0. The topological polar surface area (TPSA) is 3.24 Å². The van der Waals surface area contributed by atoms with Crippen molar-refractivity contribution in [1.82, 2.24) is 4.90 Å². The lowest BCUT2D eigenvalue weighted by Gasteiger charge is -2.10. The van der Waals surface area contributed by atoms with Crippen molar-refractivity contribution < 1.29 is 0 Å². The quantitative estimate of drug-likeness (QED) is 0.533. The molecule has 0 aromatic carbocycles. The molecule has 0 saturated carbocycles. The standard InChI is InChI=1S/C9H14N/c1-10(2)8-9-6-4-3-5-7-9/h3-4,6,8H,5,7H2,1-2H3/b9-8+. The Morgan fingerprint density at radius 2 is 2.30 bits per heavy atom. The van der Waals surface area contributed by atoms with E-state index in [0.29, 0.717) is 0 Å². The number of allylic oxidation sites excluding steroid dienone is 3. The molecule has 0 bridgehead atoms. The molecule has 0 aliphatic heterocycles. The van der Waals surface area contributed by atoms with Crippen molar-refractivity contribution in [2.24, 2.45) is 0 Å². The molecule has 1 radical (unpaired) electrons. The molecule has 1 aliphatic rings. The molecule has 0 saturated heterocycles. The van der Waals surface area contributed by atoms with Crippen LogP contribution < -0.4 is 0 Å². The molecule has 1 rings (SSSR count). The molecule has 1 heteroatoms. The molecule has 0 spiro atoms. The smallest absolute Gasteiger partial charge is 0.00557 e. The summed E-state index contributed by atoms with van der Waals surface area (Å²) in [5.41, 5.74) is 1.42. The van der Waals surface area contributed by atoms with E-state index in [0.717, 1.165) is 0 Å². The highest BCUT2D eigenvalue weighted by Crippen LogP contribution is 2.14. The third kappa shape index (κ3) is 2.26. The average molecular weight is 136 g/mol. The fourth-order valence-corrected chi connectivity index (χ4v) is 1.06. The molecule has 0 aromatic heterocycles. The summed E-state index contributed by atoms with van der Waals surface area (Å²) >= 11 is 0. The Kier molecular flexibility index (Phi) is 2.55. The van der Waals surface area contributed by atoms with Crippen LogP contribution >= 0.6 is 0 Å². The van der Waals surface area contributed by atoms with Crippen LogP contribution in [0.5, 0.6) is 0 Å². The first kappa shape index (κ1) is 7.39. The van der Waals surface area contributed by atoms with Crippen molar-refractivity contribution in [2.45, 2.75) is 12.8 Å². The van der Waals surface area contributed by atoms with E-state index >= 15 is 0 Å². The highest BCUT2D eigenvalue weighted by atomic mass is 15.0. The van der Waals surface area contributed by atoms with Crippen molar-refractivity contribution in [3.05, 3.63) is 30.3 Å². The third-order valence-corrected chi connectivity index (χ3v) is 1.47. The zero-order chi connectivity index (χ0) is 7.40. The Morgan fingerprint density at radius 3 is 2.80 bits per heavy atom. The molecule has 0 heterocycles. The predicted octanol–water partition coefficient (Wildman–Crippen LogP) is 1.99. The van der Waals surface area contributed by atoms with Gasteiger partial charge in [-0.1, -0.05) is 12.2 Å². The summed E-state index contributed by atoms with van der Waals surface area (Å²) in [7, 11) is 4.11. The summed E-state index contributed by atoms with van der Waals surface area (Å²) in [5, 5.41) is 0. The third-order valence-electron chi connectivity index (χ3n) is 1.47. The van der Waals surface area contributed by atoms with Crippen LogP contribution in [0.25, 0.3) is 0 Å². The molecule has 0 atom stereocenters. The maximum atomic E-state index is 2.20. The van der Waals surface area contributed by atoms with Gasteiger partial charge in [0.25, 0.3) is 0 Å². The van der Waals surface area contributed by atoms with Crippen molar-refractivity contribution >= 4 is 0 Å². The second-order valence-electron chi connectivity index (χ2n) is 2.80.